The Kier molecular flexibility index (Phi) is 6.26. The van der Waals surface area contributed by atoms with Crippen LogP contribution in [0.25, 0.3) is 0 Å². The monoisotopic (exact) mass is 229 g/mol. The van der Waals surface area contributed by atoms with Gasteiger partial charge in [-0.05, 0) is 33.6 Å². The highest BCUT2D eigenvalue weighted by molar-refractivity contribution is 5.78. The molecule has 0 aliphatic carbocycles. The molecule has 0 heterocycles. The van der Waals surface area contributed by atoms with Gasteiger partial charge in [-0.15, -0.1) is 0 Å². The van der Waals surface area contributed by atoms with Gasteiger partial charge in [0.05, 0.1) is 0 Å². The molecule has 4 heteroatoms. The quantitative estimate of drug-likeness (QED) is 0.705. The van der Waals surface area contributed by atoms with E-state index in [2.05, 4.69) is 0 Å². The zero-order valence-corrected chi connectivity index (χ0v) is 10.7. The maximum absolute atomic E-state index is 11.5. The second-order valence-corrected chi connectivity index (χ2v) is 4.92. The largest absolute Gasteiger partial charge is 0.459 e. The first-order chi connectivity index (χ1) is 7.26. The van der Waals surface area contributed by atoms with Crippen LogP contribution in [0.1, 0.15) is 53.4 Å². The third kappa shape index (κ3) is 7.40. The fourth-order valence-electron chi connectivity index (χ4n) is 1.19. The van der Waals surface area contributed by atoms with E-state index >= 15 is 0 Å². The summed E-state index contributed by atoms with van der Waals surface area (Å²) >= 11 is 0. The highest BCUT2D eigenvalue weighted by Gasteiger charge is 2.21. The molecule has 94 valence electrons. The van der Waals surface area contributed by atoms with E-state index in [0.717, 1.165) is 0 Å². The van der Waals surface area contributed by atoms with Gasteiger partial charge in [-0.3, -0.25) is 9.59 Å². The van der Waals surface area contributed by atoms with Gasteiger partial charge >= 0.3 is 5.97 Å². The number of carbonyl (C=O) groups excluding carboxylic acids is 2. The molecule has 0 spiro atoms. The lowest BCUT2D eigenvalue weighted by atomic mass is 10.1. The van der Waals surface area contributed by atoms with E-state index in [1.807, 2.05) is 6.92 Å². The predicted molar refractivity (Wildman–Crippen MR) is 63.0 cm³/mol. The van der Waals surface area contributed by atoms with Crippen molar-refractivity contribution in [3.63, 3.8) is 0 Å². The standard InChI is InChI=1S/C12H23NO3/c1-5-9(14)7-6-8-10(13)11(15)16-12(2,3)4/h10H,5-8,13H2,1-4H3. The van der Waals surface area contributed by atoms with E-state index in [1.54, 1.807) is 20.8 Å². The Balaban J connectivity index is 3.84. The van der Waals surface area contributed by atoms with E-state index < -0.39 is 17.6 Å². The molecule has 0 rings (SSSR count). The Bertz CT molecular complexity index is 243. The van der Waals surface area contributed by atoms with Crippen LogP contribution in [-0.2, 0) is 14.3 Å². The summed E-state index contributed by atoms with van der Waals surface area (Å²) in [6.45, 7) is 7.24. The minimum Gasteiger partial charge on any atom is -0.459 e. The van der Waals surface area contributed by atoms with Gasteiger partial charge < -0.3 is 10.5 Å². The number of rotatable bonds is 6. The van der Waals surface area contributed by atoms with Gasteiger partial charge in [0.25, 0.3) is 0 Å². The summed E-state index contributed by atoms with van der Waals surface area (Å²) in [4.78, 5) is 22.5. The van der Waals surface area contributed by atoms with Crippen LogP contribution in [0, 0.1) is 0 Å². The maximum Gasteiger partial charge on any atom is 0.323 e. The van der Waals surface area contributed by atoms with Gasteiger partial charge in [0.2, 0.25) is 0 Å². The molecule has 1 unspecified atom stereocenters. The number of nitrogens with two attached hydrogens (primary N) is 1. The highest BCUT2D eigenvalue weighted by atomic mass is 16.6. The van der Waals surface area contributed by atoms with Crippen molar-refractivity contribution >= 4 is 11.8 Å². The smallest absolute Gasteiger partial charge is 0.323 e. The molecule has 0 fully saturated rings. The van der Waals surface area contributed by atoms with Crippen LogP contribution in [0.15, 0.2) is 0 Å². The van der Waals surface area contributed by atoms with E-state index in [1.165, 1.54) is 0 Å². The molecule has 0 saturated heterocycles. The van der Waals surface area contributed by atoms with E-state index in [-0.39, 0.29) is 5.78 Å². The summed E-state index contributed by atoms with van der Waals surface area (Å²) in [7, 11) is 0. The lowest BCUT2D eigenvalue weighted by Crippen LogP contribution is -2.37. The molecule has 0 aliphatic rings. The normalized spacial score (nSPS) is 13.3. The molecule has 0 saturated carbocycles. The second kappa shape index (κ2) is 6.63. The van der Waals surface area contributed by atoms with Crippen molar-refractivity contribution in [3.05, 3.63) is 0 Å². The SMILES string of the molecule is CCC(=O)CCCC(N)C(=O)OC(C)(C)C. The fourth-order valence-corrected chi connectivity index (χ4v) is 1.19. The summed E-state index contributed by atoms with van der Waals surface area (Å²) in [6.07, 6.45) is 2.18. The molecule has 0 bridgehead atoms. The predicted octanol–water partition coefficient (Wildman–Crippen LogP) is 1.80. The van der Waals surface area contributed by atoms with Crippen molar-refractivity contribution in [1.29, 1.82) is 0 Å². The second-order valence-electron chi connectivity index (χ2n) is 4.92. The third-order valence-electron chi connectivity index (χ3n) is 2.07. The first-order valence-corrected chi connectivity index (χ1v) is 5.76. The van der Waals surface area contributed by atoms with Gasteiger partial charge in [0.1, 0.15) is 17.4 Å². The van der Waals surface area contributed by atoms with Crippen LogP contribution < -0.4 is 5.73 Å². The molecule has 0 radical (unpaired) electrons. The van der Waals surface area contributed by atoms with Crippen LogP contribution in [0.5, 0.6) is 0 Å². The zero-order valence-electron chi connectivity index (χ0n) is 10.7. The van der Waals surface area contributed by atoms with Gasteiger partial charge in [-0.1, -0.05) is 6.92 Å². The first-order valence-electron chi connectivity index (χ1n) is 5.76. The number of Topliss-reactive ketones (excluding diaryl/α,β-unsaturated/α-hetero) is 1. The van der Waals surface area contributed by atoms with Gasteiger partial charge in [-0.25, -0.2) is 0 Å². The molecule has 0 aromatic rings. The Morgan fingerprint density at radius 1 is 1.31 bits per heavy atom. The number of hydrogen-bond donors (Lipinski definition) is 1. The summed E-state index contributed by atoms with van der Waals surface area (Å²) in [5.74, 6) is -0.187. The molecule has 4 nitrogen and oxygen atoms in total. The Hall–Kier alpha value is -0.900. The van der Waals surface area contributed by atoms with Crippen molar-refractivity contribution in [2.75, 3.05) is 0 Å². The van der Waals surface area contributed by atoms with Crippen LogP contribution in [0.2, 0.25) is 0 Å². The summed E-state index contributed by atoms with van der Waals surface area (Å²) in [6, 6.07) is -0.621. The molecule has 0 aromatic heterocycles. The Morgan fingerprint density at radius 2 is 1.88 bits per heavy atom. The molecule has 1 atom stereocenters. The Labute approximate surface area is 97.5 Å². The minimum absolute atomic E-state index is 0.205. The van der Waals surface area contributed by atoms with Crippen molar-refractivity contribution in [2.45, 2.75) is 65.0 Å². The fraction of sp³-hybridized carbons (Fsp3) is 0.833. The maximum atomic E-state index is 11.5. The average Bonchev–Trinajstić information content (AvgIpc) is 2.14. The molecule has 0 aromatic carbocycles. The minimum atomic E-state index is -0.621. The number of carbonyl (C=O) groups is 2. The summed E-state index contributed by atoms with van der Waals surface area (Å²) in [5.41, 5.74) is 5.16. The topological polar surface area (TPSA) is 69.4 Å². The van der Waals surface area contributed by atoms with Gasteiger partial charge in [0.15, 0.2) is 0 Å². The lowest BCUT2D eigenvalue weighted by molar-refractivity contribution is -0.156. The first kappa shape index (κ1) is 15.1. The van der Waals surface area contributed by atoms with Gasteiger partial charge in [0, 0.05) is 12.8 Å². The van der Waals surface area contributed by atoms with Crippen molar-refractivity contribution < 1.29 is 14.3 Å². The molecular weight excluding hydrogens is 206 g/mol. The third-order valence-corrected chi connectivity index (χ3v) is 2.07. The molecule has 0 amide bonds. The summed E-state index contributed by atoms with van der Waals surface area (Å²) < 4.78 is 5.13. The van der Waals surface area contributed by atoms with Crippen molar-refractivity contribution in [1.82, 2.24) is 0 Å². The summed E-state index contributed by atoms with van der Waals surface area (Å²) in [5, 5.41) is 0. The van der Waals surface area contributed by atoms with E-state index in [4.69, 9.17) is 10.5 Å². The molecule has 16 heavy (non-hydrogen) atoms. The number of hydrogen-bond acceptors (Lipinski definition) is 4. The number of ether oxygens (including phenoxy) is 1. The highest BCUT2D eigenvalue weighted by Crippen LogP contribution is 2.10. The van der Waals surface area contributed by atoms with Crippen LogP contribution in [0.4, 0.5) is 0 Å². The average molecular weight is 229 g/mol. The van der Waals surface area contributed by atoms with Crippen molar-refractivity contribution in [3.8, 4) is 0 Å². The van der Waals surface area contributed by atoms with Crippen molar-refractivity contribution in [2.24, 2.45) is 5.73 Å². The van der Waals surface area contributed by atoms with E-state index in [0.29, 0.717) is 25.7 Å². The molecule has 0 aliphatic heterocycles. The van der Waals surface area contributed by atoms with E-state index in [9.17, 15) is 9.59 Å². The van der Waals surface area contributed by atoms with Crippen LogP contribution >= 0.6 is 0 Å². The number of ketones is 1. The molecular formula is C12H23NO3. The molecule has 2 N–H and O–H groups in total. The lowest BCUT2D eigenvalue weighted by Gasteiger charge is -2.22. The Morgan fingerprint density at radius 3 is 2.31 bits per heavy atom. The van der Waals surface area contributed by atoms with Crippen LogP contribution in [0.3, 0.4) is 0 Å². The van der Waals surface area contributed by atoms with Gasteiger partial charge in [-0.2, -0.15) is 0 Å². The van der Waals surface area contributed by atoms with Crippen LogP contribution in [-0.4, -0.2) is 23.4 Å². The number of esters is 1. The zero-order chi connectivity index (χ0) is 12.8.